The van der Waals surface area contributed by atoms with Gasteiger partial charge in [-0.15, -0.1) is 0 Å². The van der Waals surface area contributed by atoms with Crippen molar-refractivity contribution in [1.29, 1.82) is 0 Å². The number of esters is 1. The molecule has 1 heterocycles. The Labute approximate surface area is 182 Å². The molecule has 0 fully saturated rings. The first-order valence-electron chi connectivity index (χ1n) is 10.5. The summed E-state index contributed by atoms with van der Waals surface area (Å²) in [5.41, 5.74) is 1.64. The zero-order valence-electron chi connectivity index (χ0n) is 17.9. The fraction of sp³-hybridized carbons (Fsp3) is 0.375. The Bertz CT molecular complexity index is 913. The van der Waals surface area contributed by atoms with Gasteiger partial charge in [-0.1, -0.05) is 56.3 Å². The summed E-state index contributed by atoms with van der Waals surface area (Å²) in [7, 11) is 0. The third-order valence-electron chi connectivity index (χ3n) is 4.96. The zero-order chi connectivity index (χ0) is 22.2. The fourth-order valence-corrected chi connectivity index (χ4v) is 3.49. The van der Waals surface area contributed by atoms with E-state index in [2.05, 4.69) is 19.2 Å². The van der Waals surface area contributed by atoms with Gasteiger partial charge >= 0.3 is 5.97 Å². The molecule has 0 saturated carbocycles. The Morgan fingerprint density at radius 2 is 1.81 bits per heavy atom. The van der Waals surface area contributed by atoms with Gasteiger partial charge in [0.05, 0.1) is 18.2 Å². The van der Waals surface area contributed by atoms with Crippen molar-refractivity contribution in [3.63, 3.8) is 0 Å². The van der Waals surface area contributed by atoms with Crippen LogP contribution in [-0.2, 0) is 19.1 Å². The van der Waals surface area contributed by atoms with E-state index in [9.17, 15) is 14.4 Å². The number of ether oxygens (including phenoxy) is 2. The van der Waals surface area contributed by atoms with Crippen LogP contribution in [0.3, 0.4) is 0 Å². The van der Waals surface area contributed by atoms with E-state index in [-0.39, 0.29) is 44.0 Å². The van der Waals surface area contributed by atoms with Crippen molar-refractivity contribution in [2.75, 3.05) is 24.7 Å². The number of hydrogen-bond acceptors (Lipinski definition) is 5. The number of anilines is 1. The maximum atomic E-state index is 12.4. The molecule has 0 bridgehead atoms. The molecular formula is C24H28N2O5. The molecule has 1 aliphatic rings. The number of carbonyl (C=O) groups is 3. The predicted molar refractivity (Wildman–Crippen MR) is 117 cm³/mol. The Hall–Kier alpha value is -3.35. The third-order valence-corrected chi connectivity index (χ3v) is 4.96. The Kier molecular flexibility index (Phi) is 7.65. The largest absolute Gasteiger partial charge is 0.482 e. The number of rotatable bonds is 9. The molecule has 0 unspecified atom stereocenters. The van der Waals surface area contributed by atoms with E-state index in [1.807, 2.05) is 36.4 Å². The van der Waals surface area contributed by atoms with Crippen LogP contribution in [0.25, 0.3) is 0 Å². The lowest BCUT2D eigenvalue weighted by atomic mass is 9.97. The summed E-state index contributed by atoms with van der Waals surface area (Å²) in [5.74, 6) is -0.111. The third kappa shape index (κ3) is 6.31. The highest BCUT2D eigenvalue weighted by molar-refractivity contribution is 5.98. The van der Waals surface area contributed by atoms with Gasteiger partial charge < -0.3 is 19.7 Å². The van der Waals surface area contributed by atoms with Crippen LogP contribution in [0, 0.1) is 5.92 Å². The number of amides is 2. The zero-order valence-corrected chi connectivity index (χ0v) is 17.9. The van der Waals surface area contributed by atoms with Crippen LogP contribution >= 0.6 is 0 Å². The first-order chi connectivity index (χ1) is 14.9. The smallest absolute Gasteiger partial charge is 0.308 e. The normalized spacial score (nSPS) is 13.9. The molecule has 1 N–H and O–H groups in total. The number of hydrogen-bond donors (Lipinski definition) is 1. The van der Waals surface area contributed by atoms with Crippen molar-refractivity contribution in [1.82, 2.24) is 5.32 Å². The fourth-order valence-electron chi connectivity index (χ4n) is 3.49. The summed E-state index contributed by atoms with van der Waals surface area (Å²) in [4.78, 5) is 38.2. The van der Waals surface area contributed by atoms with Crippen molar-refractivity contribution in [2.24, 2.45) is 5.92 Å². The van der Waals surface area contributed by atoms with Crippen LogP contribution in [0.4, 0.5) is 5.69 Å². The molecule has 2 aromatic rings. The van der Waals surface area contributed by atoms with Crippen LogP contribution in [0.1, 0.15) is 38.3 Å². The highest BCUT2D eigenvalue weighted by atomic mass is 16.5. The maximum Gasteiger partial charge on any atom is 0.308 e. The van der Waals surface area contributed by atoms with Crippen LogP contribution in [0.2, 0.25) is 0 Å². The van der Waals surface area contributed by atoms with Gasteiger partial charge in [0.2, 0.25) is 0 Å². The number of nitrogens with zero attached hydrogens (tertiary/aromatic N) is 1. The molecule has 7 nitrogen and oxygen atoms in total. The van der Waals surface area contributed by atoms with Crippen molar-refractivity contribution < 1.29 is 23.9 Å². The van der Waals surface area contributed by atoms with Crippen LogP contribution in [-0.4, -0.2) is 37.5 Å². The molecule has 31 heavy (non-hydrogen) atoms. The van der Waals surface area contributed by atoms with Gasteiger partial charge in [-0.25, -0.2) is 0 Å². The van der Waals surface area contributed by atoms with Crippen LogP contribution in [0.5, 0.6) is 5.75 Å². The average molecular weight is 424 g/mol. The molecule has 2 amide bonds. The van der Waals surface area contributed by atoms with Crippen LogP contribution in [0.15, 0.2) is 54.6 Å². The summed E-state index contributed by atoms with van der Waals surface area (Å²) in [6, 6.07) is 16.7. The van der Waals surface area contributed by atoms with Crippen LogP contribution < -0.4 is 15.0 Å². The molecule has 7 heteroatoms. The summed E-state index contributed by atoms with van der Waals surface area (Å²) in [6.45, 7) is 3.93. The lowest BCUT2D eigenvalue weighted by molar-refractivity contribution is -0.148. The second kappa shape index (κ2) is 10.6. The molecule has 0 aliphatic carbocycles. The van der Waals surface area contributed by atoms with Gasteiger partial charge in [0.25, 0.3) is 11.8 Å². The molecule has 3 rings (SSSR count). The van der Waals surface area contributed by atoms with Gasteiger partial charge in [-0.2, -0.15) is 0 Å². The number of nitrogens with one attached hydrogen (secondary N) is 1. The summed E-state index contributed by atoms with van der Waals surface area (Å²) >= 11 is 0. The van der Waals surface area contributed by atoms with Crippen molar-refractivity contribution in [3.8, 4) is 5.75 Å². The lowest BCUT2D eigenvalue weighted by Gasteiger charge is -2.29. The van der Waals surface area contributed by atoms with Crippen molar-refractivity contribution in [2.45, 2.75) is 32.7 Å². The highest BCUT2D eigenvalue weighted by Gasteiger charge is 2.26. The highest BCUT2D eigenvalue weighted by Crippen LogP contribution is 2.31. The van der Waals surface area contributed by atoms with Gasteiger partial charge in [0, 0.05) is 6.54 Å². The van der Waals surface area contributed by atoms with Crippen molar-refractivity contribution in [3.05, 3.63) is 60.2 Å². The molecule has 1 aliphatic heterocycles. The average Bonchev–Trinajstić information content (AvgIpc) is 2.77. The molecule has 2 aromatic carbocycles. The Morgan fingerprint density at radius 3 is 2.55 bits per heavy atom. The Balaban J connectivity index is 1.49. The topological polar surface area (TPSA) is 84.9 Å². The number of benzene rings is 2. The van der Waals surface area contributed by atoms with Gasteiger partial charge in [-0.05, 0) is 30.0 Å². The molecular weight excluding hydrogens is 396 g/mol. The van der Waals surface area contributed by atoms with E-state index in [1.54, 1.807) is 18.2 Å². The molecule has 0 saturated heterocycles. The number of carbonyl (C=O) groups excluding carboxylic acids is 3. The minimum absolute atomic E-state index is 0.0124. The van der Waals surface area contributed by atoms with Gasteiger partial charge in [-0.3, -0.25) is 14.4 Å². The first-order valence-corrected chi connectivity index (χ1v) is 10.5. The number of fused-ring (bicyclic) bond motifs is 1. The molecule has 1 atom stereocenters. The molecule has 0 aromatic heterocycles. The Morgan fingerprint density at radius 1 is 1.10 bits per heavy atom. The second-order valence-electron chi connectivity index (χ2n) is 7.87. The van der Waals surface area contributed by atoms with E-state index in [0.29, 0.717) is 17.4 Å². The quantitative estimate of drug-likeness (QED) is 0.625. The first kappa shape index (κ1) is 22.3. The lowest BCUT2D eigenvalue weighted by Crippen LogP contribution is -2.40. The molecule has 0 radical (unpaired) electrons. The minimum atomic E-state index is -0.535. The number of para-hydroxylation sites is 2. The SMILES string of the molecule is CC(C)C[C@@H](NC(=O)COC(=O)CCN1C(=O)COc2ccccc21)c1ccccc1. The monoisotopic (exact) mass is 424 g/mol. The van der Waals surface area contributed by atoms with E-state index in [0.717, 1.165) is 12.0 Å². The summed E-state index contributed by atoms with van der Waals surface area (Å²) in [5, 5.41) is 2.95. The van der Waals surface area contributed by atoms with E-state index >= 15 is 0 Å². The van der Waals surface area contributed by atoms with Gasteiger partial charge in [0.1, 0.15) is 5.75 Å². The van der Waals surface area contributed by atoms with E-state index in [4.69, 9.17) is 9.47 Å². The van der Waals surface area contributed by atoms with E-state index < -0.39 is 5.97 Å². The second-order valence-corrected chi connectivity index (χ2v) is 7.87. The summed E-state index contributed by atoms with van der Waals surface area (Å²) < 4.78 is 10.5. The predicted octanol–water partition coefficient (Wildman–Crippen LogP) is 3.25. The standard InChI is InChI=1S/C24H28N2O5/c1-17(2)14-19(18-8-4-3-5-9-18)25-22(27)15-31-24(29)12-13-26-20-10-6-7-11-21(20)30-16-23(26)28/h3-11,17,19H,12-16H2,1-2H3,(H,25,27)/t19-/m1/s1. The molecule has 0 spiro atoms. The van der Waals surface area contributed by atoms with Crippen molar-refractivity contribution >= 4 is 23.5 Å². The van der Waals surface area contributed by atoms with E-state index in [1.165, 1.54) is 4.90 Å². The maximum absolute atomic E-state index is 12.4. The molecule has 164 valence electrons. The summed E-state index contributed by atoms with van der Waals surface area (Å²) in [6.07, 6.45) is 0.768. The van der Waals surface area contributed by atoms with Gasteiger partial charge in [0.15, 0.2) is 13.2 Å². The minimum Gasteiger partial charge on any atom is -0.482 e.